The van der Waals surface area contributed by atoms with E-state index >= 15 is 0 Å². The predicted octanol–water partition coefficient (Wildman–Crippen LogP) is 16.4. The Hall–Kier alpha value is -7.74. The molecule has 0 spiro atoms. The maximum atomic E-state index is 2.37. The summed E-state index contributed by atoms with van der Waals surface area (Å²) in [6.45, 7) is 0. The van der Waals surface area contributed by atoms with E-state index in [0.29, 0.717) is 0 Å². The number of fused-ring (bicyclic) bond motifs is 6. The molecule has 0 aromatic heterocycles. The van der Waals surface area contributed by atoms with Crippen LogP contribution in [0.5, 0.6) is 0 Å². The van der Waals surface area contributed by atoms with Gasteiger partial charge in [0.1, 0.15) is 0 Å². The minimum absolute atomic E-state index is 1.10. The molecular weight excluding hydrogens is 711 g/mol. The molecule has 0 bridgehead atoms. The van der Waals surface area contributed by atoms with Gasteiger partial charge in [0.15, 0.2) is 0 Å². The first-order chi connectivity index (χ1) is 29.2. The molecule has 0 amide bonds. The normalized spacial score (nSPS) is 11.4. The van der Waals surface area contributed by atoms with Crippen molar-refractivity contribution in [2.75, 3.05) is 4.90 Å². The van der Waals surface area contributed by atoms with Crippen molar-refractivity contribution in [3.63, 3.8) is 0 Å². The Labute approximate surface area is 344 Å². The van der Waals surface area contributed by atoms with Crippen molar-refractivity contribution in [2.45, 2.75) is 0 Å². The number of anilines is 3. The Morgan fingerprint density at radius 2 is 0.627 bits per heavy atom. The van der Waals surface area contributed by atoms with E-state index in [1.165, 1.54) is 87.6 Å². The molecular formula is C58H39N. The van der Waals surface area contributed by atoms with Gasteiger partial charge >= 0.3 is 0 Å². The van der Waals surface area contributed by atoms with Crippen molar-refractivity contribution in [2.24, 2.45) is 0 Å². The van der Waals surface area contributed by atoms with E-state index in [0.717, 1.165) is 17.1 Å². The second-order valence-corrected chi connectivity index (χ2v) is 15.4. The summed E-state index contributed by atoms with van der Waals surface area (Å²) in [6.07, 6.45) is 0. The van der Waals surface area contributed by atoms with Crippen molar-refractivity contribution in [1.82, 2.24) is 0 Å². The molecule has 0 aliphatic heterocycles. The highest BCUT2D eigenvalue weighted by molar-refractivity contribution is 6.20. The van der Waals surface area contributed by atoms with Crippen molar-refractivity contribution in [3.05, 3.63) is 237 Å². The molecule has 11 rings (SSSR count). The molecule has 11 aromatic carbocycles. The molecule has 0 atom stereocenters. The quantitative estimate of drug-likeness (QED) is 0.147. The van der Waals surface area contributed by atoms with Crippen LogP contribution >= 0.6 is 0 Å². The highest BCUT2D eigenvalue weighted by Gasteiger charge is 2.15. The van der Waals surface area contributed by atoms with Gasteiger partial charge in [-0.3, -0.25) is 0 Å². The summed E-state index contributed by atoms with van der Waals surface area (Å²) in [7, 11) is 0. The van der Waals surface area contributed by atoms with Crippen LogP contribution in [0.3, 0.4) is 0 Å². The van der Waals surface area contributed by atoms with E-state index in [-0.39, 0.29) is 0 Å². The molecule has 0 heterocycles. The monoisotopic (exact) mass is 749 g/mol. The van der Waals surface area contributed by atoms with Crippen LogP contribution in [-0.2, 0) is 0 Å². The van der Waals surface area contributed by atoms with Crippen molar-refractivity contribution in [3.8, 4) is 44.5 Å². The topological polar surface area (TPSA) is 3.24 Å². The summed E-state index contributed by atoms with van der Waals surface area (Å²) >= 11 is 0. The minimum Gasteiger partial charge on any atom is -0.310 e. The molecule has 0 N–H and O–H groups in total. The van der Waals surface area contributed by atoms with Gasteiger partial charge in [0.2, 0.25) is 0 Å². The summed E-state index contributed by atoms with van der Waals surface area (Å²) in [5.41, 5.74) is 13.0. The summed E-state index contributed by atoms with van der Waals surface area (Å²) in [5, 5.41) is 10.1. The Bertz CT molecular complexity index is 3290. The molecule has 59 heavy (non-hydrogen) atoms. The lowest BCUT2D eigenvalue weighted by atomic mass is 9.93. The van der Waals surface area contributed by atoms with Crippen LogP contribution < -0.4 is 4.90 Å². The lowest BCUT2D eigenvalue weighted by Crippen LogP contribution is -2.09. The number of benzene rings is 11. The van der Waals surface area contributed by atoms with E-state index in [1.807, 2.05) is 0 Å². The van der Waals surface area contributed by atoms with E-state index in [9.17, 15) is 0 Å². The van der Waals surface area contributed by atoms with Crippen molar-refractivity contribution in [1.29, 1.82) is 0 Å². The molecule has 0 unspecified atom stereocenters. The molecule has 0 aliphatic carbocycles. The van der Waals surface area contributed by atoms with Crippen LogP contribution in [-0.4, -0.2) is 0 Å². The number of hydrogen-bond acceptors (Lipinski definition) is 1. The van der Waals surface area contributed by atoms with E-state index < -0.39 is 0 Å². The second-order valence-electron chi connectivity index (χ2n) is 15.4. The first-order valence-corrected chi connectivity index (χ1v) is 20.3. The van der Waals surface area contributed by atoms with E-state index in [2.05, 4.69) is 241 Å². The predicted molar refractivity (Wildman–Crippen MR) is 253 cm³/mol. The summed E-state index contributed by atoms with van der Waals surface area (Å²) in [4.78, 5) is 2.37. The third kappa shape index (κ3) is 6.49. The Morgan fingerprint density at radius 1 is 0.203 bits per heavy atom. The SMILES string of the molecule is c1ccc(-c2ccc(N(c3ccc(-c4cccc(-c5ccccc5)c4)cc3)c3ccc4ccc(-c5ccc6c(ccc7ccc8ccccc8c76)c5)cc4c3)cc2)cc1. The minimum atomic E-state index is 1.10. The summed E-state index contributed by atoms with van der Waals surface area (Å²) < 4.78 is 0. The van der Waals surface area contributed by atoms with Gasteiger partial charge in [-0.15, -0.1) is 0 Å². The zero-order valence-corrected chi connectivity index (χ0v) is 32.5. The third-order valence-corrected chi connectivity index (χ3v) is 11.8. The fourth-order valence-electron chi connectivity index (χ4n) is 8.76. The Morgan fingerprint density at radius 3 is 1.32 bits per heavy atom. The maximum absolute atomic E-state index is 2.37. The second kappa shape index (κ2) is 14.6. The molecule has 0 radical (unpaired) electrons. The van der Waals surface area contributed by atoms with Crippen LogP contribution in [0.1, 0.15) is 0 Å². The van der Waals surface area contributed by atoms with E-state index in [4.69, 9.17) is 0 Å². The molecule has 1 nitrogen and oxygen atoms in total. The molecule has 276 valence electrons. The van der Waals surface area contributed by atoms with Crippen LogP contribution in [0.25, 0.3) is 87.6 Å². The van der Waals surface area contributed by atoms with Gasteiger partial charge in [-0.05, 0) is 142 Å². The van der Waals surface area contributed by atoms with Crippen molar-refractivity contribution < 1.29 is 0 Å². The molecule has 0 saturated heterocycles. The zero-order valence-electron chi connectivity index (χ0n) is 32.5. The van der Waals surface area contributed by atoms with Crippen LogP contribution in [0, 0.1) is 0 Å². The highest BCUT2D eigenvalue weighted by Crippen LogP contribution is 2.40. The molecule has 0 fully saturated rings. The fourth-order valence-corrected chi connectivity index (χ4v) is 8.76. The number of rotatable bonds is 7. The van der Waals surface area contributed by atoms with Gasteiger partial charge in [-0.25, -0.2) is 0 Å². The Kier molecular flexibility index (Phi) is 8.56. The molecule has 11 aromatic rings. The average molecular weight is 750 g/mol. The van der Waals surface area contributed by atoms with Gasteiger partial charge < -0.3 is 4.90 Å². The van der Waals surface area contributed by atoms with Gasteiger partial charge in [-0.1, -0.05) is 182 Å². The first kappa shape index (κ1) is 34.5. The standard InChI is InChI=1S/C58H39N/c1-3-10-40(11-4-1)42-24-30-53(31-25-42)59(54-32-26-43(27-33-54)48-16-9-15-47(36-48)41-12-5-2-6-13-41)55-34-28-44-18-22-49(38-52(44)39-55)50-29-35-57-51(37-50)23-21-46-20-19-45-14-7-8-17-56(45)58(46)57/h1-39H. The first-order valence-electron chi connectivity index (χ1n) is 20.3. The largest absolute Gasteiger partial charge is 0.310 e. The molecule has 0 aliphatic rings. The summed E-state index contributed by atoms with van der Waals surface area (Å²) in [6, 6.07) is 86.2. The smallest absolute Gasteiger partial charge is 0.0468 e. The molecule has 0 saturated carbocycles. The lowest BCUT2D eigenvalue weighted by molar-refractivity contribution is 1.29. The van der Waals surface area contributed by atoms with Gasteiger partial charge in [0.25, 0.3) is 0 Å². The van der Waals surface area contributed by atoms with Crippen molar-refractivity contribution >= 4 is 60.2 Å². The lowest BCUT2D eigenvalue weighted by Gasteiger charge is -2.26. The maximum Gasteiger partial charge on any atom is 0.0468 e. The van der Waals surface area contributed by atoms with Crippen LogP contribution in [0.2, 0.25) is 0 Å². The van der Waals surface area contributed by atoms with Gasteiger partial charge in [0.05, 0.1) is 0 Å². The molecule has 1 heteroatoms. The Balaban J connectivity index is 0.984. The summed E-state index contributed by atoms with van der Waals surface area (Å²) in [5.74, 6) is 0. The van der Waals surface area contributed by atoms with E-state index in [1.54, 1.807) is 0 Å². The number of nitrogens with zero attached hydrogens (tertiary/aromatic N) is 1. The third-order valence-electron chi connectivity index (χ3n) is 11.8. The number of hydrogen-bond donors (Lipinski definition) is 0. The highest BCUT2D eigenvalue weighted by atomic mass is 15.1. The van der Waals surface area contributed by atoms with Crippen LogP contribution in [0.4, 0.5) is 17.1 Å². The van der Waals surface area contributed by atoms with Crippen LogP contribution in [0.15, 0.2) is 237 Å². The zero-order chi connectivity index (χ0) is 39.1. The fraction of sp³-hybridized carbons (Fsp3) is 0. The average Bonchev–Trinajstić information content (AvgIpc) is 3.32. The van der Waals surface area contributed by atoms with Gasteiger partial charge in [-0.2, -0.15) is 0 Å². The van der Waals surface area contributed by atoms with Gasteiger partial charge in [0, 0.05) is 17.1 Å².